The summed E-state index contributed by atoms with van der Waals surface area (Å²) in [5.41, 5.74) is 0.216. The van der Waals surface area contributed by atoms with E-state index >= 15 is 0 Å². The fourth-order valence-corrected chi connectivity index (χ4v) is 1.48. The number of unbranched alkanes of at least 4 members (excludes halogenated alkanes) is 1. The second-order valence-electron chi connectivity index (χ2n) is 4.35. The van der Waals surface area contributed by atoms with Crippen molar-refractivity contribution in [2.75, 3.05) is 26.9 Å². The number of benzene rings is 1. The highest BCUT2D eigenvalue weighted by Gasteiger charge is 2.10. The first-order chi connectivity index (χ1) is 10.2. The molecule has 0 heterocycles. The van der Waals surface area contributed by atoms with Crippen molar-refractivity contribution < 1.29 is 18.7 Å². The monoisotopic (exact) mass is 296 g/mol. The van der Waals surface area contributed by atoms with Crippen LogP contribution in [0.1, 0.15) is 30.1 Å². The van der Waals surface area contributed by atoms with Crippen LogP contribution in [0.3, 0.4) is 0 Å². The lowest BCUT2D eigenvalue weighted by atomic mass is 10.2. The van der Waals surface area contributed by atoms with Gasteiger partial charge in [-0.3, -0.25) is 10.1 Å². The Balaban J connectivity index is 2.65. The maximum Gasteiger partial charge on any atom is 0.291 e. The number of aliphatic imine (C=N–C) groups is 1. The van der Waals surface area contributed by atoms with Crippen molar-refractivity contribution >= 4 is 11.9 Å². The fraction of sp³-hybridized carbons (Fsp3) is 0.467. The predicted octanol–water partition coefficient (Wildman–Crippen LogP) is 2.37. The normalized spacial score (nSPS) is 11.3. The average Bonchev–Trinajstić information content (AvgIpc) is 2.47. The Morgan fingerprint density at radius 1 is 1.38 bits per heavy atom. The molecule has 1 aromatic carbocycles. The number of methoxy groups -OCH3 is 1. The van der Waals surface area contributed by atoms with E-state index in [9.17, 15) is 9.18 Å². The number of hydrogen-bond donors (Lipinski definition) is 1. The van der Waals surface area contributed by atoms with Crippen LogP contribution in [0.4, 0.5) is 4.39 Å². The summed E-state index contributed by atoms with van der Waals surface area (Å²) in [5, 5.41) is 2.54. The average molecular weight is 296 g/mol. The summed E-state index contributed by atoms with van der Waals surface area (Å²) in [7, 11) is 1.56. The Bertz CT molecular complexity index is 478. The van der Waals surface area contributed by atoms with Crippen LogP contribution < -0.4 is 5.32 Å². The highest BCUT2D eigenvalue weighted by Crippen LogP contribution is 2.03. The number of carbonyl (C=O) groups is 1. The molecular weight excluding hydrogens is 275 g/mol. The number of amidine groups is 1. The first kappa shape index (κ1) is 17.1. The maximum atomic E-state index is 13.1. The second-order valence-corrected chi connectivity index (χ2v) is 4.35. The van der Waals surface area contributed by atoms with Crippen LogP contribution >= 0.6 is 0 Å². The van der Waals surface area contributed by atoms with Gasteiger partial charge in [0.25, 0.3) is 11.9 Å². The summed E-state index contributed by atoms with van der Waals surface area (Å²) >= 11 is 0. The standard InChI is InChI=1S/C15H21FN2O3/c1-3-4-8-17-15(21-10-9-20-2)18-14(19)12-6-5-7-13(16)11-12/h5-7,11H,3-4,8-10H2,1-2H3,(H,17,18,19). The van der Waals surface area contributed by atoms with Crippen molar-refractivity contribution in [3.05, 3.63) is 35.6 Å². The molecule has 1 rings (SSSR count). The van der Waals surface area contributed by atoms with Gasteiger partial charge in [0.2, 0.25) is 0 Å². The van der Waals surface area contributed by atoms with Gasteiger partial charge in [0.05, 0.1) is 6.61 Å². The number of halogens is 1. The molecule has 0 aromatic heterocycles. The van der Waals surface area contributed by atoms with E-state index in [1.807, 2.05) is 6.92 Å². The van der Waals surface area contributed by atoms with Gasteiger partial charge in [0.1, 0.15) is 12.4 Å². The molecule has 6 heteroatoms. The van der Waals surface area contributed by atoms with Crippen LogP contribution in [0.5, 0.6) is 0 Å². The molecule has 0 aliphatic carbocycles. The van der Waals surface area contributed by atoms with E-state index in [0.717, 1.165) is 18.9 Å². The molecule has 0 radical (unpaired) electrons. The zero-order valence-electron chi connectivity index (χ0n) is 12.4. The maximum absolute atomic E-state index is 13.1. The summed E-state index contributed by atoms with van der Waals surface area (Å²) < 4.78 is 23.3. The first-order valence-corrected chi connectivity index (χ1v) is 6.90. The van der Waals surface area contributed by atoms with Crippen molar-refractivity contribution in [1.82, 2.24) is 5.32 Å². The molecule has 1 aromatic rings. The summed E-state index contributed by atoms with van der Waals surface area (Å²) in [6.07, 6.45) is 1.89. The molecule has 0 saturated heterocycles. The molecule has 21 heavy (non-hydrogen) atoms. The van der Waals surface area contributed by atoms with Crippen molar-refractivity contribution in [3.63, 3.8) is 0 Å². The van der Waals surface area contributed by atoms with E-state index in [0.29, 0.717) is 13.2 Å². The number of rotatable bonds is 7. The number of hydrogen-bond acceptors (Lipinski definition) is 4. The van der Waals surface area contributed by atoms with Crippen molar-refractivity contribution in [2.45, 2.75) is 19.8 Å². The quantitative estimate of drug-likeness (QED) is 0.477. The highest BCUT2D eigenvalue weighted by molar-refractivity contribution is 6.04. The largest absolute Gasteiger partial charge is 0.463 e. The third-order valence-electron chi connectivity index (χ3n) is 2.60. The Morgan fingerprint density at radius 3 is 2.86 bits per heavy atom. The number of nitrogens with one attached hydrogen (secondary N) is 1. The van der Waals surface area contributed by atoms with E-state index < -0.39 is 11.7 Å². The molecule has 0 unspecified atom stereocenters. The van der Waals surface area contributed by atoms with Gasteiger partial charge in [0.15, 0.2) is 0 Å². The molecule has 0 atom stereocenters. The molecular formula is C15H21FN2O3. The van der Waals surface area contributed by atoms with E-state index in [2.05, 4.69) is 10.3 Å². The van der Waals surface area contributed by atoms with Crippen molar-refractivity contribution in [3.8, 4) is 0 Å². The van der Waals surface area contributed by atoms with Gasteiger partial charge in [-0.2, -0.15) is 0 Å². The number of amides is 1. The van der Waals surface area contributed by atoms with Gasteiger partial charge in [0, 0.05) is 19.2 Å². The zero-order valence-corrected chi connectivity index (χ0v) is 12.4. The molecule has 0 aliphatic rings. The van der Waals surface area contributed by atoms with Crippen LogP contribution in [0.2, 0.25) is 0 Å². The number of ether oxygens (including phenoxy) is 2. The van der Waals surface area contributed by atoms with Gasteiger partial charge in [-0.15, -0.1) is 0 Å². The first-order valence-electron chi connectivity index (χ1n) is 6.90. The van der Waals surface area contributed by atoms with Crippen LogP contribution in [0.25, 0.3) is 0 Å². The molecule has 0 saturated carbocycles. The van der Waals surface area contributed by atoms with Crippen molar-refractivity contribution in [1.29, 1.82) is 0 Å². The molecule has 1 amide bonds. The lowest BCUT2D eigenvalue weighted by molar-refractivity contribution is 0.0953. The minimum absolute atomic E-state index is 0.134. The second kappa shape index (κ2) is 9.88. The Morgan fingerprint density at radius 2 is 2.19 bits per heavy atom. The van der Waals surface area contributed by atoms with Crippen LogP contribution in [0, 0.1) is 5.82 Å². The third-order valence-corrected chi connectivity index (χ3v) is 2.60. The minimum Gasteiger partial charge on any atom is -0.463 e. The summed E-state index contributed by atoms with van der Waals surface area (Å²) in [6, 6.07) is 5.58. The Hall–Kier alpha value is -1.95. The van der Waals surface area contributed by atoms with E-state index in [1.165, 1.54) is 18.2 Å². The number of carbonyl (C=O) groups excluding carboxylic acids is 1. The smallest absolute Gasteiger partial charge is 0.291 e. The summed E-state index contributed by atoms with van der Waals surface area (Å²) in [5.74, 6) is -0.922. The Labute approximate surface area is 124 Å². The summed E-state index contributed by atoms with van der Waals surface area (Å²) in [6.45, 7) is 3.28. The predicted molar refractivity (Wildman–Crippen MR) is 78.9 cm³/mol. The summed E-state index contributed by atoms with van der Waals surface area (Å²) in [4.78, 5) is 16.2. The van der Waals surface area contributed by atoms with Gasteiger partial charge in [-0.25, -0.2) is 9.38 Å². The molecule has 1 N–H and O–H groups in total. The van der Waals surface area contributed by atoms with Gasteiger partial charge >= 0.3 is 0 Å². The lowest BCUT2D eigenvalue weighted by Gasteiger charge is -2.10. The van der Waals surface area contributed by atoms with Gasteiger partial charge in [-0.05, 0) is 24.6 Å². The fourth-order valence-electron chi connectivity index (χ4n) is 1.48. The molecule has 0 fully saturated rings. The Kier molecular flexibility index (Phi) is 8.04. The molecule has 116 valence electrons. The van der Waals surface area contributed by atoms with Crippen LogP contribution in [0.15, 0.2) is 29.3 Å². The van der Waals surface area contributed by atoms with E-state index in [4.69, 9.17) is 9.47 Å². The van der Waals surface area contributed by atoms with Crippen LogP contribution in [-0.2, 0) is 9.47 Å². The molecule has 5 nitrogen and oxygen atoms in total. The molecule has 0 bridgehead atoms. The van der Waals surface area contributed by atoms with Crippen LogP contribution in [-0.4, -0.2) is 38.8 Å². The van der Waals surface area contributed by atoms with E-state index in [1.54, 1.807) is 7.11 Å². The van der Waals surface area contributed by atoms with Crippen molar-refractivity contribution in [2.24, 2.45) is 4.99 Å². The lowest BCUT2D eigenvalue weighted by Crippen LogP contribution is -2.33. The SMILES string of the molecule is CCCCN=C(NC(=O)c1cccc(F)c1)OCCOC. The van der Waals surface area contributed by atoms with Gasteiger partial charge < -0.3 is 9.47 Å². The molecule has 0 spiro atoms. The van der Waals surface area contributed by atoms with E-state index in [-0.39, 0.29) is 18.2 Å². The van der Waals surface area contributed by atoms with Gasteiger partial charge in [-0.1, -0.05) is 19.4 Å². The highest BCUT2D eigenvalue weighted by atomic mass is 19.1. The third kappa shape index (κ3) is 6.85. The molecule has 0 aliphatic heterocycles. The topological polar surface area (TPSA) is 59.9 Å². The zero-order chi connectivity index (χ0) is 15.5. The minimum atomic E-state index is -0.465. The number of nitrogens with zero attached hydrogens (tertiary/aromatic N) is 1.